The highest BCUT2D eigenvalue weighted by atomic mass is 79.9. The molecule has 1 aromatic heterocycles. The van der Waals surface area contributed by atoms with Crippen LogP contribution in [-0.4, -0.2) is 39.8 Å². The highest BCUT2D eigenvalue weighted by molar-refractivity contribution is 8.93. The third kappa shape index (κ3) is 5.02. The van der Waals surface area contributed by atoms with E-state index in [1.807, 2.05) is 67.1 Å². The van der Waals surface area contributed by atoms with Gasteiger partial charge in [0, 0.05) is 48.9 Å². The van der Waals surface area contributed by atoms with Crippen LogP contribution >= 0.6 is 28.7 Å². The van der Waals surface area contributed by atoms with Crippen LogP contribution in [0.3, 0.4) is 0 Å². The molecule has 0 saturated carbocycles. The zero-order valence-corrected chi connectivity index (χ0v) is 19.3. The van der Waals surface area contributed by atoms with Crippen molar-refractivity contribution >= 4 is 55.2 Å². The Morgan fingerprint density at radius 1 is 1.11 bits per heavy atom. The van der Waals surface area contributed by atoms with E-state index in [9.17, 15) is 8.42 Å². The van der Waals surface area contributed by atoms with E-state index in [1.54, 1.807) is 18.3 Å². The first kappa shape index (κ1) is 22.6. The van der Waals surface area contributed by atoms with Crippen LogP contribution in [0, 0.1) is 0 Å². The van der Waals surface area contributed by atoms with Crippen LogP contribution in [-0.2, 0) is 17.1 Å². The van der Waals surface area contributed by atoms with E-state index in [-0.39, 0.29) is 17.0 Å². The van der Waals surface area contributed by atoms with Gasteiger partial charge in [-0.2, -0.15) is 0 Å². The lowest BCUT2D eigenvalue weighted by Gasteiger charge is -2.17. The van der Waals surface area contributed by atoms with E-state index in [2.05, 4.69) is 9.71 Å². The second-order valence-corrected chi connectivity index (χ2v) is 9.08. The molecule has 9 heteroatoms. The zero-order valence-electron chi connectivity index (χ0n) is 16.0. The molecule has 0 aliphatic rings. The number of thioether (sulfide) groups is 1. The van der Waals surface area contributed by atoms with Crippen LogP contribution in [0.5, 0.6) is 0 Å². The number of hydrogen-bond acceptors (Lipinski definition) is 5. The van der Waals surface area contributed by atoms with Crippen molar-refractivity contribution in [3.8, 4) is 0 Å². The number of rotatable bonds is 7. The molecule has 1 heterocycles. The molecule has 6 nitrogen and oxygen atoms in total. The first-order valence-electron chi connectivity index (χ1n) is 8.52. The highest BCUT2D eigenvalue weighted by Gasteiger charge is 2.18. The van der Waals surface area contributed by atoms with Gasteiger partial charge < -0.3 is 4.90 Å². The summed E-state index contributed by atoms with van der Waals surface area (Å²) in [6.45, 7) is 0.327. The van der Waals surface area contributed by atoms with E-state index in [0.29, 0.717) is 17.2 Å². The molecule has 0 spiro atoms. The number of hydrogen-bond donors (Lipinski definition) is 1. The van der Waals surface area contributed by atoms with Crippen molar-refractivity contribution in [1.82, 2.24) is 9.71 Å². The van der Waals surface area contributed by atoms with Gasteiger partial charge in [-0.15, -0.1) is 17.0 Å². The predicted octanol–water partition coefficient (Wildman–Crippen LogP) is 2.77. The lowest BCUT2D eigenvalue weighted by atomic mass is 10.1. The number of sulfonamides is 1. The van der Waals surface area contributed by atoms with Crippen molar-refractivity contribution in [2.24, 2.45) is 7.05 Å². The van der Waals surface area contributed by atoms with Crippen LogP contribution in [0.4, 0.5) is 5.69 Å². The Morgan fingerprint density at radius 2 is 1.82 bits per heavy atom. The zero-order chi connectivity index (χ0) is 19.4. The van der Waals surface area contributed by atoms with Crippen molar-refractivity contribution in [1.29, 1.82) is 0 Å². The molecule has 0 aliphatic carbocycles. The minimum absolute atomic E-state index is 0. The van der Waals surface area contributed by atoms with Crippen LogP contribution in [0.15, 0.2) is 64.9 Å². The average Bonchev–Trinajstić information content (AvgIpc) is 2.65. The van der Waals surface area contributed by atoms with Gasteiger partial charge in [0.25, 0.3) is 0 Å². The first-order chi connectivity index (χ1) is 12.9. The summed E-state index contributed by atoms with van der Waals surface area (Å²) in [5.41, 5.74) is 0.989. The summed E-state index contributed by atoms with van der Waals surface area (Å²) < 4.78 is 30.3. The van der Waals surface area contributed by atoms with E-state index in [1.165, 1.54) is 11.8 Å². The molecule has 1 N–H and O–H groups in total. The second-order valence-electron chi connectivity index (χ2n) is 6.28. The van der Waals surface area contributed by atoms with Gasteiger partial charge in [-0.05, 0) is 28.9 Å². The molecule has 3 rings (SSSR count). The van der Waals surface area contributed by atoms with Crippen molar-refractivity contribution in [2.75, 3.05) is 31.3 Å². The molecule has 3 aromatic rings. The SMILES string of the molecule is Br.CN(C)c1cccc2c(S(=O)(=O)NCCSc3nccc[n+]3C)cccc12. The third-order valence-corrected chi connectivity index (χ3v) is 6.72. The van der Waals surface area contributed by atoms with Crippen molar-refractivity contribution in [3.05, 3.63) is 54.9 Å². The monoisotopic (exact) mass is 483 g/mol. The molecule has 0 unspecified atom stereocenters. The Balaban J connectivity index is 0.00000280. The Bertz CT molecular complexity index is 1060. The van der Waals surface area contributed by atoms with Gasteiger partial charge in [0.1, 0.15) is 6.20 Å². The summed E-state index contributed by atoms with van der Waals surface area (Å²) in [4.78, 5) is 6.57. The maximum absolute atomic E-state index is 12.9. The minimum Gasteiger partial charge on any atom is -0.377 e. The largest absolute Gasteiger partial charge is 0.377 e. The molecular formula is C19H24BrN4O2S2+. The number of anilines is 1. The number of aromatic nitrogens is 2. The Labute approximate surface area is 180 Å². The molecular weight excluding hydrogens is 460 g/mol. The fourth-order valence-corrected chi connectivity index (χ4v) is 5.02. The molecule has 0 amide bonds. The number of benzene rings is 2. The number of halogens is 1. The van der Waals surface area contributed by atoms with Gasteiger partial charge in [-0.1, -0.05) is 24.3 Å². The van der Waals surface area contributed by atoms with Crippen LogP contribution in [0.1, 0.15) is 0 Å². The van der Waals surface area contributed by atoms with E-state index >= 15 is 0 Å². The van der Waals surface area contributed by atoms with Crippen LogP contribution < -0.4 is 14.2 Å². The Hall–Kier alpha value is -1.68. The smallest absolute Gasteiger partial charge is 0.358 e. The first-order valence-corrected chi connectivity index (χ1v) is 11.0. The van der Waals surface area contributed by atoms with E-state index in [4.69, 9.17) is 0 Å². The van der Waals surface area contributed by atoms with Crippen molar-refractivity contribution in [2.45, 2.75) is 10.1 Å². The van der Waals surface area contributed by atoms with Crippen molar-refractivity contribution < 1.29 is 13.0 Å². The summed E-state index contributed by atoms with van der Waals surface area (Å²) in [7, 11) is 2.21. The molecule has 2 aromatic carbocycles. The minimum atomic E-state index is -3.60. The Morgan fingerprint density at radius 3 is 2.54 bits per heavy atom. The van der Waals surface area contributed by atoms with Crippen LogP contribution in [0.2, 0.25) is 0 Å². The average molecular weight is 484 g/mol. The fourth-order valence-electron chi connectivity index (χ4n) is 2.85. The molecule has 150 valence electrons. The van der Waals surface area contributed by atoms with Gasteiger partial charge in [0.15, 0.2) is 0 Å². The molecule has 0 bridgehead atoms. The maximum Gasteiger partial charge on any atom is 0.358 e. The maximum atomic E-state index is 12.9. The van der Waals surface area contributed by atoms with Gasteiger partial charge in [0.05, 0.1) is 18.1 Å². The normalized spacial score (nSPS) is 11.2. The van der Waals surface area contributed by atoms with E-state index < -0.39 is 10.0 Å². The summed E-state index contributed by atoms with van der Waals surface area (Å²) in [6, 6.07) is 12.9. The predicted molar refractivity (Wildman–Crippen MR) is 120 cm³/mol. The van der Waals surface area contributed by atoms with Gasteiger partial charge in [0.2, 0.25) is 10.0 Å². The molecule has 0 radical (unpaired) electrons. The number of aryl methyl sites for hydroxylation is 1. The second kappa shape index (κ2) is 9.69. The molecule has 28 heavy (non-hydrogen) atoms. The number of nitrogens with one attached hydrogen (secondary N) is 1. The summed E-state index contributed by atoms with van der Waals surface area (Å²) in [6.07, 6.45) is 3.64. The molecule has 0 fully saturated rings. The topological polar surface area (TPSA) is 66.2 Å². The van der Waals surface area contributed by atoms with Crippen LogP contribution in [0.25, 0.3) is 10.8 Å². The summed E-state index contributed by atoms with van der Waals surface area (Å²) >= 11 is 1.51. The fraction of sp³-hybridized carbons (Fsp3) is 0.263. The summed E-state index contributed by atoms with van der Waals surface area (Å²) in [5, 5.41) is 2.48. The molecule has 0 saturated heterocycles. The Kier molecular flexibility index (Phi) is 7.82. The lowest BCUT2D eigenvalue weighted by molar-refractivity contribution is -0.713. The van der Waals surface area contributed by atoms with Gasteiger partial charge >= 0.3 is 5.16 Å². The lowest BCUT2D eigenvalue weighted by Crippen LogP contribution is -2.32. The molecule has 0 aliphatic heterocycles. The standard InChI is InChI=1S/C19H23N4O2S2.BrH/c1-22(2)17-9-4-8-16-15(17)7-5-10-18(16)27(24,25)21-12-14-26-19-20-11-6-13-23(19)3;/h4-11,13,21H,12,14H2,1-3H3;1H/q+1;. The third-order valence-electron chi connectivity index (χ3n) is 4.14. The van der Waals surface area contributed by atoms with E-state index in [0.717, 1.165) is 21.6 Å². The summed E-state index contributed by atoms with van der Waals surface area (Å²) in [5.74, 6) is 0.595. The number of fused-ring (bicyclic) bond motifs is 1. The van der Waals surface area contributed by atoms with Crippen molar-refractivity contribution in [3.63, 3.8) is 0 Å². The molecule has 0 atom stereocenters. The highest BCUT2D eigenvalue weighted by Crippen LogP contribution is 2.30. The number of nitrogens with zero attached hydrogens (tertiary/aromatic N) is 3. The van der Waals surface area contributed by atoms with Gasteiger partial charge in [-0.3, -0.25) is 0 Å². The quantitative estimate of drug-likeness (QED) is 0.242. The van der Waals surface area contributed by atoms with Gasteiger partial charge in [-0.25, -0.2) is 17.7 Å².